The molecule has 0 heterocycles. The number of benzene rings is 2. The van der Waals surface area contributed by atoms with Gasteiger partial charge in [-0.05, 0) is 30.2 Å². The third-order valence-corrected chi connectivity index (χ3v) is 3.21. The number of carbonyl (C=O) groups is 1. The Kier molecular flexibility index (Phi) is 3.85. The molecule has 0 saturated carbocycles. The zero-order valence-electron chi connectivity index (χ0n) is 11.3. The summed E-state index contributed by atoms with van der Waals surface area (Å²) >= 11 is 0. The van der Waals surface area contributed by atoms with Crippen LogP contribution in [-0.2, 0) is 6.54 Å². The molecule has 98 valence electrons. The van der Waals surface area contributed by atoms with Crippen molar-refractivity contribution in [1.29, 1.82) is 0 Å². The highest BCUT2D eigenvalue weighted by molar-refractivity contribution is 5.98. The largest absolute Gasteiger partial charge is 0.398 e. The van der Waals surface area contributed by atoms with Gasteiger partial charge in [-0.3, -0.25) is 4.79 Å². The van der Waals surface area contributed by atoms with Crippen LogP contribution in [0, 0.1) is 6.92 Å². The Bertz CT molecular complexity index is 593. The van der Waals surface area contributed by atoms with Crippen LogP contribution in [0.1, 0.15) is 21.5 Å². The topological polar surface area (TPSA) is 46.3 Å². The monoisotopic (exact) mass is 254 g/mol. The standard InChI is InChI=1S/C16H18N2O/c1-12-7-3-4-8-13(12)11-18(2)16(19)14-9-5-6-10-15(14)17/h3-10H,11,17H2,1-2H3. The summed E-state index contributed by atoms with van der Waals surface area (Å²) in [5.41, 5.74) is 9.24. The van der Waals surface area contributed by atoms with Crippen molar-refractivity contribution in [1.82, 2.24) is 4.90 Å². The summed E-state index contributed by atoms with van der Waals surface area (Å²) in [5, 5.41) is 0. The molecule has 1 amide bonds. The number of nitrogens with zero attached hydrogens (tertiary/aromatic N) is 1. The minimum atomic E-state index is -0.0543. The lowest BCUT2D eigenvalue weighted by Gasteiger charge is -2.19. The Morgan fingerprint density at radius 2 is 1.74 bits per heavy atom. The maximum Gasteiger partial charge on any atom is 0.255 e. The summed E-state index contributed by atoms with van der Waals surface area (Å²) in [5.74, 6) is -0.0543. The van der Waals surface area contributed by atoms with E-state index >= 15 is 0 Å². The van der Waals surface area contributed by atoms with Crippen LogP contribution in [-0.4, -0.2) is 17.9 Å². The molecule has 2 aromatic carbocycles. The third kappa shape index (κ3) is 2.94. The van der Waals surface area contributed by atoms with E-state index in [0.29, 0.717) is 17.8 Å². The van der Waals surface area contributed by atoms with E-state index in [1.807, 2.05) is 43.3 Å². The van der Waals surface area contributed by atoms with Crippen LogP contribution in [0.2, 0.25) is 0 Å². The maximum absolute atomic E-state index is 12.3. The summed E-state index contributed by atoms with van der Waals surface area (Å²) in [6, 6.07) is 15.2. The van der Waals surface area contributed by atoms with Gasteiger partial charge in [0.2, 0.25) is 0 Å². The van der Waals surface area contributed by atoms with Gasteiger partial charge in [-0.2, -0.15) is 0 Å². The van der Waals surface area contributed by atoms with Crippen molar-refractivity contribution in [3.8, 4) is 0 Å². The van der Waals surface area contributed by atoms with Gasteiger partial charge in [0.05, 0.1) is 5.56 Å². The van der Waals surface area contributed by atoms with Crippen LogP contribution in [0.5, 0.6) is 0 Å². The number of anilines is 1. The minimum absolute atomic E-state index is 0.0543. The molecule has 2 rings (SSSR count). The van der Waals surface area contributed by atoms with Crippen molar-refractivity contribution >= 4 is 11.6 Å². The molecule has 3 nitrogen and oxygen atoms in total. The minimum Gasteiger partial charge on any atom is -0.398 e. The highest BCUT2D eigenvalue weighted by Crippen LogP contribution is 2.15. The molecule has 0 fully saturated rings. The number of nitrogen functional groups attached to an aromatic ring is 1. The van der Waals surface area contributed by atoms with Crippen LogP contribution in [0.4, 0.5) is 5.69 Å². The Labute approximate surface area is 113 Å². The normalized spacial score (nSPS) is 10.2. The first-order valence-corrected chi connectivity index (χ1v) is 6.24. The third-order valence-electron chi connectivity index (χ3n) is 3.21. The van der Waals surface area contributed by atoms with Crippen molar-refractivity contribution in [2.75, 3.05) is 12.8 Å². The van der Waals surface area contributed by atoms with Crippen LogP contribution in [0.3, 0.4) is 0 Å². The molecule has 3 heteroatoms. The molecule has 0 atom stereocenters. The average molecular weight is 254 g/mol. The van der Waals surface area contributed by atoms with Crippen molar-refractivity contribution < 1.29 is 4.79 Å². The van der Waals surface area contributed by atoms with Gasteiger partial charge in [0.1, 0.15) is 0 Å². The predicted octanol–water partition coefficient (Wildman–Crippen LogP) is 2.85. The van der Waals surface area contributed by atoms with Crippen molar-refractivity contribution in [3.63, 3.8) is 0 Å². The molecule has 0 radical (unpaired) electrons. The smallest absolute Gasteiger partial charge is 0.255 e. The summed E-state index contributed by atoms with van der Waals surface area (Å²) in [6.45, 7) is 2.63. The molecule has 0 bridgehead atoms. The van der Waals surface area contributed by atoms with Crippen molar-refractivity contribution in [2.24, 2.45) is 0 Å². The lowest BCUT2D eigenvalue weighted by atomic mass is 10.1. The number of hydrogen-bond donors (Lipinski definition) is 1. The number of para-hydroxylation sites is 1. The second-order valence-corrected chi connectivity index (χ2v) is 4.67. The van der Waals surface area contributed by atoms with E-state index in [9.17, 15) is 4.79 Å². The number of nitrogens with two attached hydrogens (primary N) is 1. The zero-order valence-corrected chi connectivity index (χ0v) is 11.3. The van der Waals surface area contributed by atoms with Crippen LogP contribution in [0.15, 0.2) is 48.5 Å². The summed E-state index contributed by atoms with van der Waals surface area (Å²) in [7, 11) is 1.79. The molecule has 19 heavy (non-hydrogen) atoms. The second kappa shape index (κ2) is 5.57. The Morgan fingerprint density at radius 3 is 2.42 bits per heavy atom. The molecular weight excluding hydrogens is 236 g/mol. The fourth-order valence-corrected chi connectivity index (χ4v) is 2.01. The maximum atomic E-state index is 12.3. The zero-order chi connectivity index (χ0) is 13.8. The van der Waals surface area contributed by atoms with E-state index in [2.05, 4.69) is 0 Å². The number of amides is 1. The van der Waals surface area contributed by atoms with Crippen molar-refractivity contribution in [2.45, 2.75) is 13.5 Å². The molecule has 0 aliphatic rings. The SMILES string of the molecule is Cc1ccccc1CN(C)C(=O)c1ccccc1N. The van der Waals surface area contributed by atoms with Gasteiger partial charge in [0.25, 0.3) is 5.91 Å². The van der Waals surface area contributed by atoms with Gasteiger partial charge in [0, 0.05) is 19.3 Å². The first-order valence-electron chi connectivity index (χ1n) is 6.24. The average Bonchev–Trinajstić information content (AvgIpc) is 2.41. The van der Waals surface area contributed by atoms with Crippen LogP contribution >= 0.6 is 0 Å². The van der Waals surface area contributed by atoms with Gasteiger partial charge >= 0.3 is 0 Å². The second-order valence-electron chi connectivity index (χ2n) is 4.67. The van der Waals surface area contributed by atoms with E-state index in [-0.39, 0.29) is 5.91 Å². The molecule has 0 saturated heterocycles. The molecule has 2 aromatic rings. The quantitative estimate of drug-likeness (QED) is 0.856. The molecule has 0 aliphatic carbocycles. The van der Waals surface area contributed by atoms with Gasteiger partial charge in [-0.1, -0.05) is 36.4 Å². The van der Waals surface area contributed by atoms with Gasteiger partial charge in [-0.15, -0.1) is 0 Å². The van der Waals surface area contributed by atoms with Gasteiger partial charge in [0.15, 0.2) is 0 Å². The van der Waals surface area contributed by atoms with E-state index in [1.54, 1.807) is 24.1 Å². The Balaban J connectivity index is 2.17. The van der Waals surface area contributed by atoms with E-state index in [0.717, 1.165) is 5.56 Å². The molecule has 0 aliphatic heterocycles. The molecule has 0 unspecified atom stereocenters. The van der Waals surface area contributed by atoms with Crippen LogP contribution < -0.4 is 5.73 Å². The van der Waals surface area contributed by atoms with Crippen LogP contribution in [0.25, 0.3) is 0 Å². The number of hydrogen-bond acceptors (Lipinski definition) is 2. The first-order chi connectivity index (χ1) is 9.09. The van der Waals surface area contributed by atoms with E-state index < -0.39 is 0 Å². The number of rotatable bonds is 3. The van der Waals surface area contributed by atoms with Gasteiger partial charge < -0.3 is 10.6 Å². The number of aryl methyl sites for hydroxylation is 1. The lowest BCUT2D eigenvalue weighted by molar-refractivity contribution is 0.0786. The fraction of sp³-hybridized carbons (Fsp3) is 0.188. The highest BCUT2D eigenvalue weighted by Gasteiger charge is 2.14. The predicted molar refractivity (Wildman–Crippen MR) is 77.8 cm³/mol. The first kappa shape index (κ1) is 13.1. The fourth-order valence-electron chi connectivity index (χ4n) is 2.01. The Morgan fingerprint density at radius 1 is 1.11 bits per heavy atom. The number of carbonyl (C=O) groups excluding carboxylic acids is 1. The Hall–Kier alpha value is -2.29. The van der Waals surface area contributed by atoms with Crippen molar-refractivity contribution in [3.05, 3.63) is 65.2 Å². The summed E-state index contributed by atoms with van der Waals surface area (Å²) in [4.78, 5) is 14.0. The molecule has 0 aromatic heterocycles. The lowest BCUT2D eigenvalue weighted by Crippen LogP contribution is -2.27. The van der Waals surface area contributed by atoms with E-state index in [1.165, 1.54) is 5.56 Å². The molecular formula is C16H18N2O. The van der Waals surface area contributed by atoms with E-state index in [4.69, 9.17) is 5.73 Å². The molecule has 0 spiro atoms. The van der Waals surface area contributed by atoms with Gasteiger partial charge in [-0.25, -0.2) is 0 Å². The molecule has 2 N–H and O–H groups in total. The summed E-state index contributed by atoms with van der Waals surface area (Å²) in [6.07, 6.45) is 0. The summed E-state index contributed by atoms with van der Waals surface area (Å²) < 4.78 is 0. The highest BCUT2D eigenvalue weighted by atomic mass is 16.2.